The lowest BCUT2D eigenvalue weighted by molar-refractivity contribution is 0.00129. The number of ether oxygens (including phenoxy) is 2. The Hall–Kier alpha value is -1.43. The highest BCUT2D eigenvalue weighted by Crippen LogP contribution is 2.05. The molecule has 15 heavy (non-hydrogen) atoms. The van der Waals surface area contributed by atoms with Crippen molar-refractivity contribution in [2.45, 2.75) is 6.92 Å². The van der Waals surface area contributed by atoms with Gasteiger partial charge in [-0.1, -0.05) is 6.92 Å². The van der Waals surface area contributed by atoms with Crippen LogP contribution in [0.15, 0.2) is 22.8 Å². The summed E-state index contributed by atoms with van der Waals surface area (Å²) in [6.45, 7) is 1.42. The third-order valence-corrected chi connectivity index (χ3v) is 1.99. The first-order valence-electron chi connectivity index (χ1n) is 4.24. The number of carbonyl (C=O) groups is 2. The van der Waals surface area contributed by atoms with Gasteiger partial charge in [0.2, 0.25) is 12.6 Å². The average Bonchev–Trinajstić information content (AvgIpc) is 2.70. The Kier molecular flexibility index (Phi) is 4.76. The van der Waals surface area contributed by atoms with Crippen LogP contribution in [0.2, 0.25) is 0 Å². The Morgan fingerprint density at radius 3 is 2.87 bits per heavy atom. The van der Waals surface area contributed by atoms with Crippen molar-refractivity contribution < 1.29 is 23.5 Å². The van der Waals surface area contributed by atoms with Gasteiger partial charge in [-0.3, -0.25) is 0 Å². The first-order valence-corrected chi connectivity index (χ1v) is 5.22. The molecule has 0 atom stereocenters. The van der Waals surface area contributed by atoms with Crippen LogP contribution in [0.25, 0.3) is 0 Å². The second kappa shape index (κ2) is 6.13. The quantitative estimate of drug-likeness (QED) is 0.584. The number of carbonyl (C=O) groups excluding carboxylic acids is 2. The second-order valence-electron chi connectivity index (χ2n) is 2.35. The summed E-state index contributed by atoms with van der Waals surface area (Å²) in [5.41, 5.74) is 0. The van der Waals surface area contributed by atoms with Crippen LogP contribution in [-0.4, -0.2) is 23.8 Å². The third-order valence-electron chi connectivity index (χ3n) is 1.35. The van der Waals surface area contributed by atoms with E-state index in [0.29, 0.717) is 5.75 Å². The molecule has 0 aliphatic carbocycles. The standard InChI is InChI=1S/C9H10O5S/c1-2-15-9(11)14-6-13-8(10)7-4-3-5-12-7/h3-5H,2,6H2,1H3. The molecule has 6 heteroatoms. The van der Waals surface area contributed by atoms with Crippen LogP contribution in [0.3, 0.4) is 0 Å². The van der Waals surface area contributed by atoms with Crippen LogP contribution in [0.1, 0.15) is 17.5 Å². The summed E-state index contributed by atoms with van der Waals surface area (Å²) in [6.07, 6.45) is 1.36. The Balaban J connectivity index is 2.21. The number of hydrogen-bond acceptors (Lipinski definition) is 6. The van der Waals surface area contributed by atoms with Gasteiger partial charge in [0.1, 0.15) is 0 Å². The van der Waals surface area contributed by atoms with Crippen molar-refractivity contribution >= 4 is 23.0 Å². The number of hydrogen-bond donors (Lipinski definition) is 0. The summed E-state index contributed by atoms with van der Waals surface area (Å²) < 4.78 is 14.0. The molecule has 5 nitrogen and oxygen atoms in total. The fraction of sp³-hybridized carbons (Fsp3) is 0.333. The lowest BCUT2D eigenvalue weighted by Crippen LogP contribution is -2.09. The summed E-state index contributed by atoms with van der Waals surface area (Å²) in [5, 5.41) is -0.468. The monoisotopic (exact) mass is 230 g/mol. The minimum absolute atomic E-state index is 0.0780. The molecule has 0 aliphatic heterocycles. The first kappa shape index (κ1) is 11.6. The molecule has 0 radical (unpaired) electrons. The predicted octanol–water partition coefficient (Wildman–Crippen LogP) is 2.28. The van der Waals surface area contributed by atoms with Crippen LogP contribution in [-0.2, 0) is 9.47 Å². The minimum atomic E-state index is -0.658. The Morgan fingerprint density at radius 2 is 2.27 bits per heavy atom. The fourth-order valence-electron chi connectivity index (χ4n) is 0.756. The molecule has 0 unspecified atom stereocenters. The molecule has 0 fully saturated rings. The number of esters is 1. The highest BCUT2D eigenvalue weighted by Gasteiger charge is 2.10. The Labute approximate surface area is 90.7 Å². The maximum atomic E-state index is 11.1. The summed E-state index contributed by atoms with van der Waals surface area (Å²) in [7, 11) is 0. The molecule has 1 rings (SSSR count). The number of thioether (sulfide) groups is 1. The van der Waals surface area contributed by atoms with E-state index in [1.54, 1.807) is 6.07 Å². The molecule has 0 spiro atoms. The average molecular weight is 230 g/mol. The summed E-state index contributed by atoms with van der Waals surface area (Å²) in [5.74, 6) is 0.0359. The molecule has 0 amide bonds. The molecule has 1 heterocycles. The van der Waals surface area contributed by atoms with Crippen molar-refractivity contribution in [1.82, 2.24) is 0 Å². The molecule has 1 aromatic rings. The highest BCUT2D eigenvalue weighted by atomic mass is 32.2. The van der Waals surface area contributed by atoms with Crippen molar-refractivity contribution in [3.63, 3.8) is 0 Å². The van der Waals surface area contributed by atoms with Crippen LogP contribution in [0.4, 0.5) is 4.79 Å². The zero-order valence-electron chi connectivity index (χ0n) is 8.10. The summed E-state index contributed by atoms with van der Waals surface area (Å²) >= 11 is 1.00. The van der Waals surface area contributed by atoms with Gasteiger partial charge in [0.25, 0.3) is 0 Å². The zero-order chi connectivity index (χ0) is 11.1. The van der Waals surface area contributed by atoms with Crippen molar-refractivity contribution in [1.29, 1.82) is 0 Å². The van der Waals surface area contributed by atoms with E-state index < -0.39 is 18.1 Å². The Bertz CT molecular complexity index is 319. The lowest BCUT2D eigenvalue weighted by atomic mass is 10.5. The van der Waals surface area contributed by atoms with Crippen LogP contribution >= 0.6 is 11.8 Å². The van der Waals surface area contributed by atoms with E-state index in [9.17, 15) is 9.59 Å². The molecule has 0 aliphatic rings. The molecular weight excluding hydrogens is 220 g/mol. The van der Waals surface area contributed by atoms with Crippen molar-refractivity contribution in [3.8, 4) is 0 Å². The molecule has 0 N–H and O–H groups in total. The SMILES string of the molecule is CCSC(=O)OCOC(=O)c1ccco1. The van der Waals surface area contributed by atoms with Gasteiger partial charge >= 0.3 is 11.3 Å². The van der Waals surface area contributed by atoms with E-state index in [1.165, 1.54) is 12.3 Å². The van der Waals surface area contributed by atoms with Crippen LogP contribution < -0.4 is 0 Å². The van der Waals surface area contributed by atoms with Gasteiger partial charge in [0.15, 0.2) is 0 Å². The summed E-state index contributed by atoms with van der Waals surface area (Å²) in [4.78, 5) is 22.0. The van der Waals surface area contributed by atoms with E-state index in [4.69, 9.17) is 4.42 Å². The molecule has 0 saturated carbocycles. The third kappa shape index (κ3) is 4.07. The van der Waals surface area contributed by atoms with Crippen LogP contribution in [0.5, 0.6) is 0 Å². The largest absolute Gasteiger partial charge is 0.457 e. The van der Waals surface area contributed by atoms with E-state index >= 15 is 0 Å². The fourth-order valence-corrected chi connectivity index (χ4v) is 1.12. The first-order chi connectivity index (χ1) is 7.24. The smallest absolute Gasteiger partial charge is 0.377 e. The Morgan fingerprint density at radius 1 is 1.47 bits per heavy atom. The van der Waals surface area contributed by atoms with Gasteiger partial charge in [0.05, 0.1) is 6.26 Å². The zero-order valence-corrected chi connectivity index (χ0v) is 8.91. The normalized spacial score (nSPS) is 9.67. The number of furan rings is 1. The summed E-state index contributed by atoms with van der Waals surface area (Å²) in [6, 6.07) is 3.03. The van der Waals surface area contributed by atoms with Gasteiger partial charge in [-0.15, -0.1) is 0 Å². The van der Waals surface area contributed by atoms with E-state index in [2.05, 4.69) is 9.47 Å². The predicted molar refractivity (Wildman–Crippen MR) is 53.6 cm³/mol. The van der Waals surface area contributed by atoms with E-state index in [1.807, 2.05) is 6.92 Å². The molecule has 0 saturated heterocycles. The molecule has 0 aromatic carbocycles. The molecule has 0 bridgehead atoms. The maximum Gasteiger partial charge on any atom is 0.377 e. The van der Waals surface area contributed by atoms with Crippen molar-refractivity contribution in [2.75, 3.05) is 12.5 Å². The minimum Gasteiger partial charge on any atom is -0.457 e. The van der Waals surface area contributed by atoms with Gasteiger partial charge in [-0.25, -0.2) is 9.59 Å². The van der Waals surface area contributed by atoms with Crippen LogP contribution in [0, 0.1) is 0 Å². The van der Waals surface area contributed by atoms with Gasteiger partial charge in [-0.05, 0) is 23.9 Å². The van der Waals surface area contributed by atoms with Gasteiger partial charge in [0, 0.05) is 5.75 Å². The second-order valence-corrected chi connectivity index (χ2v) is 3.55. The van der Waals surface area contributed by atoms with E-state index in [-0.39, 0.29) is 5.76 Å². The lowest BCUT2D eigenvalue weighted by Gasteiger charge is -2.03. The highest BCUT2D eigenvalue weighted by molar-refractivity contribution is 8.13. The van der Waals surface area contributed by atoms with Gasteiger partial charge in [-0.2, -0.15) is 0 Å². The topological polar surface area (TPSA) is 65.7 Å². The number of rotatable bonds is 4. The van der Waals surface area contributed by atoms with Gasteiger partial charge < -0.3 is 13.9 Å². The van der Waals surface area contributed by atoms with E-state index in [0.717, 1.165) is 11.8 Å². The van der Waals surface area contributed by atoms with Crippen molar-refractivity contribution in [2.24, 2.45) is 0 Å². The molecular formula is C9H10O5S. The molecule has 1 aromatic heterocycles. The van der Waals surface area contributed by atoms with Crippen molar-refractivity contribution in [3.05, 3.63) is 24.2 Å². The maximum absolute atomic E-state index is 11.1. The molecule has 82 valence electrons.